The van der Waals surface area contributed by atoms with Crippen molar-refractivity contribution in [2.45, 2.75) is 0 Å². The Morgan fingerprint density at radius 3 is 2.41 bits per heavy atom. The lowest BCUT2D eigenvalue weighted by Gasteiger charge is -2.08. The molecule has 0 N–H and O–H groups in total. The van der Waals surface area contributed by atoms with E-state index >= 15 is 0 Å². The molecule has 0 bridgehead atoms. The molecule has 0 aliphatic heterocycles. The minimum atomic E-state index is 0.701. The number of para-hydroxylation sites is 1. The second-order valence-electron chi connectivity index (χ2n) is 7.29. The van der Waals surface area contributed by atoms with E-state index in [0.717, 1.165) is 49.0 Å². The number of rotatable bonds is 4. The summed E-state index contributed by atoms with van der Waals surface area (Å²) in [7, 11) is 1.65. The SMILES string of the molecule is COc1ccc(-c2nnc3sc(-c4cc(-c5ccccc5)nc5ccccc45)nn23)cc1. The maximum Gasteiger partial charge on any atom is 0.235 e. The van der Waals surface area contributed by atoms with Crippen molar-refractivity contribution in [1.82, 2.24) is 24.8 Å². The zero-order valence-corrected chi connectivity index (χ0v) is 18.0. The third kappa shape index (κ3) is 3.11. The van der Waals surface area contributed by atoms with Crippen molar-refractivity contribution in [2.75, 3.05) is 7.11 Å². The summed E-state index contributed by atoms with van der Waals surface area (Å²) in [5.74, 6) is 1.50. The Balaban J connectivity index is 1.53. The Morgan fingerprint density at radius 1 is 0.812 bits per heavy atom. The number of nitrogens with zero attached hydrogens (tertiary/aromatic N) is 5. The van der Waals surface area contributed by atoms with Crippen molar-refractivity contribution in [2.24, 2.45) is 0 Å². The molecule has 7 heteroatoms. The van der Waals surface area contributed by atoms with Crippen molar-refractivity contribution < 1.29 is 4.74 Å². The number of pyridine rings is 1. The van der Waals surface area contributed by atoms with E-state index in [4.69, 9.17) is 14.8 Å². The Morgan fingerprint density at radius 2 is 1.59 bits per heavy atom. The van der Waals surface area contributed by atoms with Gasteiger partial charge in [0.25, 0.3) is 0 Å². The molecule has 0 unspecified atom stereocenters. The highest BCUT2D eigenvalue weighted by Gasteiger charge is 2.17. The van der Waals surface area contributed by atoms with E-state index < -0.39 is 0 Å². The summed E-state index contributed by atoms with van der Waals surface area (Å²) >= 11 is 1.52. The number of aromatic nitrogens is 5. The second kappa shape index (κ2) is 7.55. The van der Waals surface area contributed by atoms with Gasteiger partial charge in [0.1, 0.15) is 10.8 Å². The number of hydrogen-bond acceptors (Lipinski definition) is 6. The van der Waals surface area contributed by atoms with Crippen LogP contribution in [0.2, 0.25) is 0 Å². The molecule has 32 heavy (non-hydrogen) atoms. The molecule has 0 amide bonds. The predicted molar refractivity (Wildman–Crippen MR) is 127 cm³/mol. The van der Waals surface area contributed by atoms with Crippen LogP contribution < -0.4 is 4.74 Å². The van der Waals surface area contributed by atoms with Crippen LogP contribution in [0.3, 0.4) is 0 Å². The van der Waals surface area contributed by atoms with E-state index in [1.165, 1.54) is 11.3 Å². The molecule has 6 nitrogen and oxygen atoms in total. The average Bonchev–Trinajstić information content (AvgIpc) is 3.45. The fourth-order valence-corrected chi connectivity index (χ4v) is 4.62. The largest absolute Gasteiger partial charge is 0.497 e. The van der Waals surface area contributed by atoms with E-state index in [1.807, 2.05) is 60.7 Å². The van der Waals surface area contributed by atoms with Crippen molar-refractivity contribution in [3.05, 3.63) is 84.9 Å². The van der Waals surface area contributed by atoms with Crippen molar-refractivity contribution in [3.8, 4) is 39.0 Å². The van der Waals surface area contributed by atoms with Gasteiger partial charge < -0.3 is 4.74 Å². The minimum absolute atomic E-state index is 0.701. The van der Waals surface area contributed by atoms with Gasteiger partial charge in [-0.2, -0.15) is 9.61 Å². The quantitative estimate of drug-likeness (QED) is 0.353. The third-order valence-corrected chi connectivity index (χ3v) is 6.29. The first-order valence-electron chi connectivity index (χ1n) is 10.1. The van der Waals surface area contributed by atoms with Gasteiger partial charge in [-0.05, 0) is 36.4 Å². The van der Waals surface area contributed by atoms with Crippen LogP contribution in [0.15, 0.2) is 84.9 Å². The molecule has 3 aromatic carbocycles. The molecule has 0 aliphatic carbocycles. The predicted octanol–water partition coefficient (Wildman–Crippen LogP) is 5.74. The van der Waals surface area contributed by atoms with Crippen LogP contribution in [0, 0.1) is 0 Å². The van der Waals surface area contributed by atoms with E-state index in [1.54, 1.807) is 11.6 Å². The van der Waals surface area contributed by atoms with E-state index in [-0.39, 0.29) is 0 Å². The highest BCUT2D eigenvalue weighted by atomic mass is 32.1. The zero-order valence-electron chi connectivity index (χ0n) is 17.1. The van der Waals surface area contributed by atoms with Crippen molar-refractivity contribution in [1.29, 1.82) is 0 Å². The monoisotopic (exact) mass is 435 g/mol. The molecule has 0 atom stereocenters. The molecule has 3 aromatic heterocycles. The van der Waals surface area contributed by atoms with Gasteiger partial charge in [0.2, 0.25) is 4.96 Å². The van der Waals surface area contributed by atoms with E-state index in [9.17, 15) is 0 Å². The molecule has 0 saturated heterocycles. The molecule has 154 valence electrons. The maximum absolute atomic E-state index is 5.26. The first-order chi connectivity index (χ1) is 15.8. The molecular weight excluding hydrogens is 418 g/mol. The van der Waals surface area contributed by atoms with Crippen LogP contribution in [-0.4, -0.2) is 31.9 Å². The smallest absolute Gasteiger partial charge is 0.235 e. The van der Waals surface area contributed by atoms with Crippen molar-refractivity contribution >= 4 is 27.2 Å². The molecule has 6 rings (SSSR count). The lowest BCUT2D eigenvalue weighted by Crippen LogP contribution is -1.93. The summed E-state index contributed by atoms with van der Waals surface area (Å²) in [5, 5.41) is 15.5. The number of hydrogen-bond donors (Lipinski definition) is 0. The molecule has 0 radical (unpaired) electrons. The van der Waals surface area contributed by atoms with Crippen LogP contribution in [0.5, 0.6) is 5.75 Å². The second-order valence-corrected chi connectivity index (χ2v) is 8.25. The lowest BCUT2D eigenvalue weighted by atomic mass is 10.0. The highest BCUT2D eigenvalue weighted by Crippen LogP contribution is 2.35. The fraction of sp³-hybridized carbons (Fsp3) is 0.0400. The Hall–Kier alpha value is -4.10. The van der Waals surface area contributed by atoms with Crippen LogP contribution in [0.25, 0.3) is 49.1 Å². The maximum atomic E-state index is 5.26. The third-order valence-electron chi connectivity index (χ3n) is 5.36. The molecule has 0 fully saturated rings. The van der Waals surface area contributed by atoms with E-state index in [2.05, 4.69) is 34.5 Å². The number of fused-ring (bicyclic) bond motifs is 2. The number of methoxy groups -OCH3 is 1. The van der Waals surface area contributed by atoms with Gasteiger partial charge in [-0.1, -0.05) is 59.9 Å². The summed E-state index contributed by atoms with van der Waals surface area (Å²) in [6.45, 7) is 0. The zero-order chi connectivity index (χ0) is 21.5. The molecule has 6 aromatic rings. The highest BCUT2D eigenvalue weighted by molar-refractivity contribution is 7.20. The summed E-state index contributed by atoms with van der Waals surface area (Å²) < 4.78 is 7.07. The van der Waals surface area contributed by atoms with Gasteiger partial charge in [-0.3, -0.25) is 0 Å². The molecular formula is C25H17N5OS. The summed E-state index contributed by atoms with van der Waals surface area (Å²) in [4.78, 5) is 5.63. The summed E-state index contributed by atoms with van der Waals surface area (Å²) in [5.41, 5.74) is 4.89. The van der Waals surface area contributed by atoms with Crippen LogP contribution in [0.1, 0.15) is 0 Å². The van der Waals surface area contributed by atoms with Gasteiger partial charge in [-0.15, -0.1) is 10.2 Å². The Labute approximate surface area is 187 Å². The first kappa shape index (κ1) is 18.7. The molecule has 0 saturated carbocycles. The van der Waals surface area contributed by atoms with Crippen LogP contribution in [-0.2, 0) is 0 Å². The Kier molecular flexibility index (Phi) is 4.40. The van der Waals surface area contributed by atoms with Gasteiger partial charge in [-0.25, -0.2) is 4.98 Å². The number of ether oxygens (including phenoxy) is 1. The Bertz CT molecular complexity index is 1550. The van der Waals surface area contributed by atoms with E-state index in [0.29, 0.717) is 5.82 Å². The molecule has 3 heterocycles. The van der Waals surface area contributed by atoms with Gasteiger partial charge in [0.05, 0.1) is 18.3 Å². The van der Waals surface area contributed by atoms with Crippen LogP contribution >= 0.6 is 11.3 Å². The van der Waals surface area contributed by atoms with Crippen molar-refractivity contribution in [3.63, 3.8) is 0 Å². The molecule has 0 spiro atoms. The topological polar surface area (TPSA) is 65.2 Å². The number of benzene rings is 3. The summed E-state index contributed by atoms with van der Waals surface area (Å²) in [6.07, 6.45) is 0. The van der Waals surface area contributed by atoms with Gasteiger partial charge >= 0.3 is 0 Å². The lowest BCUT2D eigenvalue weighted by molar-refractivity contribution is 0.415. The minimum Gasteiger partial charge on any atom is -0.497 e. The fourth-order valence-electron chi connectivity index (χ4n) is 3.76. The van der Waals surface area contributed by atoms with Crippen LogP contribution in [0.4, 0.5) is 0 Å². The standard InChI is InChI=1S/C25H17N5OS/c1-31-18-13-11-17(12-14-18)23-27-28-25-30(23)29-24(32-25)20-15-22(16-7-3-2-4-8-16)26-21-10-6-5-9-19(20)21/h2-15H,1H3. The van der Waals surface area contributed by atoms with Gasteiger partial charge in [0.15, 0.2) is 5.82 Å². The normalized spacial score (nSPS) is 11.3. The first-order valence-corrected chi connectivity index (χ1v) is 10.9. The summed E-state index contributed by atoms with van der Waals surface area (Å²) in [6, 6.07) is 28.2. The van der Waals surface area contributed by atoms with Gasteiger partial charge in [0, 0.05) is 22.1 Å². The molecule has 0 aliphatic rings. The average molecular weight is 436 g/mol.